The van der Waals surface area contributed by atoms with Crippen molar-refractivity contribution in [2.75, 3.05) is 38.2 Å². The summed E-state index contributed by atoms with van der Waals surface area (Å²) >= 11 is 0. The van der Waals surface area contributed by atoms with Crippen molar-refractivity contribution < 1.29 is 87.8 Å². The molecule has 0 N–H and O–H groups in total. The molecule has 1 heterocycles. The van der Waals surface area contributed by atoms with Gasteiger partial charge in [-0.25, -0.2) is 0 Å². The molecule has 0 aliphatic carbocycles. The molecule has 0 bridgehead atoms. The molecular weight excluding hydrogens is 767 g/mol. The van der Waals surface area contributed by atoms with Crippen LogP contribution in [0.25, 0.3) is 21.8 Å². The zero-order valence-electron chi connectivity index (χ0n) is 30.7. The van der Waals surface area contributed by atoms with Crippen molar-refractivity contribution in [3.63, 3.8) is 0 Å². The molecule has 1 aromatic heterocycles. The summed E-state index contributed by atoms with van der Waals surface area (Å²) in [5.74, 6) is 3.26. The molecule has 52 heavy (non-hydrogen) atoms. The first-order valence-electron chi connectivity index (χ1n) is 17.1. The van der Waals surface area contributed by atoms with Crippen molar-refractivity contribution in [1.29, 1.82) is 0 Å². The van der Waals surface area contributed by atoms with Crippen LogP contribution in [0.3, 0.4) is 0 Å². The standard InChI is InChI=1S/C44H42N3O4.Cs/c1-6-7-28-45-43-29-35(46(31-8-18-37(48-2)19-9-31)32-10-20-38(49-3)21-11-32)16-26-41(43)42-27-17-36(30-44(42)45)47(33-12-22-39(50-4)23-13-33)34-14-24-40(51-5)25-15-34;/h6,8-27,29-30H,7,28H2,1-5H3;/q-1;+1. The van der Waals surface area contributed by atoms with Crippen LogP contribution in [0.15, 0.2) is 133 Å². The Kier molecular flexibility index (Phi) is 12.5. The first kappa shape index (κ1) is 37.7. The summed E-state index contributed by atoms with van der Waals surface area (Å²) in [7, 11) is 6.76. The van der Waals surface area contributed by atoms with Gasteiger partial charge in [0.05, 0.1) is 39.5 Å². The van der Waals surface area contributed by atoms with Crippen LogP contribution >= 0.6 is 0 Å². The molecule has 0 saturated heterocycles. The molecule has 8 heteroatoms. The molecule has 0 amide bonds. The fourth-order valence-electron chi connectivity index (χ4n) is 6.67. The van der Waals surface area contributed by atoms with Gasteiger partial charge >= 0.3 is 68.9 Å². The van der Waals surface area contributed by atoms with Crippen LogP contribution in [-0.2, 0) is 6.54 Å². The summed E-state index contributed by atoms with van der Waals surface area (Å²) in [6, 6.07) is 46.3. The van der Waals surface area contributed by atoms with Crippen LogP contribution in [0.1, 0.15) is 13.3 Å². The molecule has 258 valence electrons. The largest absolute Gasteiger partial charge is 1.00 e. The van der Waals surface area contributed by atoms with E-state index in [-0.39, 0.29) is 68.9 Å². The Morgan fingerprint density at radius 3 is 1.00 bits per heavy atom. The average molecular weight is 810 g/mol. The van der Waals surface area contributed by atoms with Crippen molar-refractivity contribution >= 4 is 55.9 Å². The Bertz CT molecular complexity index is 1980. The molecule has 0 saturated carbocycles. The number of aromatic nitrogens is 1. The minimum absolute atomic E-state index is 0. The van der Waals surface area contributed by atoms with Gasteiger partial charge < -0.3 is 39.7 Å². The van der Waals surface area contributed by atoms with Gasteiger partial charge in [-0.05, 0) is 128 Å². The smallest absolute Gasteiger partial charge is 0.497 e. The number of anilines is 6. The minimum Gasteiger partial charge on any atom is -0.497 e. The van der Waals surface area contributed by atoms with Gasteiger partial charge in [-0.15, -0.1) is 0 Å². The second kappa shape index (κ2) is 17.2. The maximum absolute atomic E-state index is 5.48. The van der Waals surface area contributed by atoms with Crippen LogP contribution < -0.4 is 97.6 Å². The summed E-state index contributed by atoms with van der Waals surface area (Å²) in [5, 5.41) is 2.42. The number of rotatable bonds is 13. The second-order valence-corrected chi connectivity index (χ2v) is 12.2. The maximum atomic E-state index is 5.48. The molecule has 7 nitrogen and oxygen atoms in total. The summed E-state index contributed by atoms with van der Waals surface area (Å²) in [4.78, 5) is 4.54. The third kappa shape index (κ3) is 7.69. The van der Waals surface area contributed by atoms with Gasteiger partial charge in [0.2, 0.25) is 0 Å². The van der Waals surface area contributed by atoms with Crippen LogP contribution in [-0.4, -0.2) is 33.0 Å². The third-order valence-corrected chi connectivity index (χ3v) is 9.31. The molecule has 7 aromatic rings. The quantitative estimate of drug-likeness (QED) is 0.109. The van der Waals surface area contributed by atoms with E-state index in [0.717, 1.165) is 70.1 Å². The number of nitrogens with zero attached hydrogens (tertiary/aromatic N) is 3. The van der Waals surface area contributed by atoms with Crippen LogP contribution in [0.2, 0.25) is 0 Å². The van der Waals surface area contributed by atoms with Crippen molar-refractivity contribution in [3.05, 3.63) is 140 Å². The Morgan fingerprint density at radius 2 is 0.731 bits per heavy atom. The van der Waals surface area contributed by atoms with Crippen molar-refractivity contribution in [2.24, 2.45) is 0 Å². The Balaban J connectivity index is 0.00000464. The minimum atomic E-state index is 0. The molecule has 6 aromatic carbocycles. The zero-order valence-corrected chi connectivity index (χ0v) is 36.9. The van der Waals surface area contributed by atoms with E-state index in [0.29, 0.717) is 0 Å². The topological polar surface area (TPSA) is 48.3 Å². The fraction of sp³-hybridized carbons (Fsp3) is 0.159. The summed E-state index contributed by atoms with van der Waals surface area (Å²) in [6.45, 7) is 2.97. The molecule has 0 aliphatic heterocycles. The van der Waals surface area contributed by atoms with Gasteiger partial charge in [0.25, 0.3) is 0 Å². The van der Waals surface area contributed by atoms with E-state index in [1.807, 2.05) is 48.5 Å². The molecule has 0 aliphatic rings. The van der Waals surface area contributed by atoms with E-state index >= 15 is 0 Å². The number of ether oxygens (including phenoxy) is 4. The van der Waals surface area contributed by atoms with Gasteiger partial charge in [0, 0.05) is 44.9 Å². The van der Waals surface area contributed by atoms with Crippen LogP contribution in [0, 0.1) is 6.42 Å². The second-order valence-electron chi connectivity index (χ2n) is 12.2. The van der Waals surface area contributed by atoms with Crippen molar-refractivity contribution in [3.8, 4) is 23.0 Å². The molecule has 0 radical (unpaired) electrons. The van der Waals surface area contributed by atoms with Gasteiger partial charge in [-0.1, -0.05) is 12.1 Å². The average Bonchev–Trinajstić information content (AvgIpc) is 3.50. The van der Waals surface area contributed by atoms with E-state index in [4.69, 9.17) is 18.9 Å². The molecule has 0 unspecified atom stereocenters. The van der Waals surface area contributed by atoms with E-state index in [2.05, 4.69) is 113 Å². The predicted molar refractivity (Wildman–Crippen MR) is 210 cm³/mol. The third-order valence-electron chi connectivity index (χ3n) is 9.31. The van der Waals surface area contributed by atoms with Gasteiger partial charge in [0.1, 0.15) is 23.0 Å². The Hall–Kier alpha value is -4.03. The maximum Gasteiger partial charge on any atom is 1.00 e. The number of benzene rings is 6. The number of methoxy groups -OCH3 is 4. The van der Waals surface area contributed by atoms with Crippen LogP contribution in [0.5, 0.6) is 23.0 Å². The van der Waals surface area contributed by atoms with E-state index in [1.165, 1.54) is 21.8 Å². The van der Waals surface area contributed by atoms with E-state index in [1.54, 1.807) is 28.4 Å². The summed E-state index contributed by atoms with van der Waals surface area (Å²) in [5.41, 5.74) is 8.58. The number of fused-ring (bicyclic) bond motifs is 3. The molecular formula is C44H42CsN3O4. The Morgan fingerprint density at radius 1 is 0.442 bits per heavy atom. The SMILES string of the molecule is C[CH-]CCn1c2cc(N(c3ccc(OC)cc3)c3ccc(OC)cc3)ccc2c2ccc(N(c3ccc(OC)cc3)c3ccc(OC)cc3)cc21.[Cs+]. The van der Waals surface area contributed by atoms with Crippen molar-refractivity contribution in [2.45, 2.75) is 19.9 Å². The first-order chi connectivity index (χ1) is 25.0. The normalized spacial score (nSPS) is 10.9. The summed E-state index contributed by atoms with van der Waals surface area (Å²) in [6.07, 6.45) is 3.17. The van der Waals surface area contributed by atoms with Crippen LogP contribution in [0.4, 0.5) is 34.1 Å². The molecule has 0 spiro atoms. The molecule has 0 atom stereocenters. The zero-order chi connectivity index (χ0) is 35.3. The van der Waals surface area contributed by atoms with Gasteiger partial charge in [-0.3, -0.25) is 0 Å². The monoisotopic (exact) mass is 809 g/mol. The number of unbranched alkanes of at least 4 members (excludes halogenated alkanes) is 1. The van der Waals surface area contributed by atoms with Gasteiger partial charge in [-0.2, -0.15) is 13.3 Å². The fourth-order valence-corrected chi connectivity index (χ4v) is 6.67. The number of hydrogen-bond donors (Lipinski definition) is 0. The van der Waals surface area contributed by atoms with E-state index in [9.17, 15) is 0 Å². The number of aryl methyl sites for hydroxylation is 1. The number of hydrogen-bond acceptors (Lipinski definition) is 6. The molecule has 7 rings (SSSR count). The first-order valence-corrected chi connectivity index (χ1v) is 17.1. The van der Waals surface area contributed by atoms with Gasteiger partial charge in [0.15, 0.2) is 0 Å². The predicted octanol–water partition coefficient (Wildman–Crippen LogP) is 8.39. The van der Waals surface area contributed by atoms with E-state index < -0.39 is 0 Å². The molecule has 0 fully saturated rings. The summed E-state index contributed by atoms with van der Waals surface area (Å²) < 4.78 is 24.4. The Labute approximate surface area is 365 Å². The van der Waals surface area contributed by atoms with Crippen molar-refractivity contribution in [1.82, 2.24) is 4.57 Å².